The van der Waals surface area contributed by atoms with Crippen LogP contribution in [0.4, 0.5) is 0 Å². The first-order chi connectivity index (χ1) is 7.75. The highest BCUT2D eigenvalue weighted by Crippen LogP contribution is 2.06. The van der Waals surface area contributed by atoms with E-state index in [9.17, 15) is 4.79 Å². The number of carbonyl (C=O) groups is 1. The fourth-order valence-corrected chi connectivity index (χ4v) is 1.35. The molecule has 0 aliphatic carbocycles. The Bertz CT molecular complexity index is 339. The second kappa shape index (κ2) is 6.95. The maximum atomic E-state index is 10.9. The van der Waals surface area contributed by atoms with Crippen molar-refractivity contribution >= 4 is 5.97 Å². The van der Waals surface area contributed by atoms with Gasteiger partial charge < -0.3 is 9.84 Å². The van der Waals surface area contributed by atoms with E-state index in [1.807, 2.05) is 0 Å². The zero-order valence-electron chi connectivity index (χ0n) is 9.48. The minimum absolute atomic E-state index is 0.265. The van der Waals surface area contributed by atoms with E-state index in [4.69, 9.17) is 9.84 Å². The Labute approximate surface area is 95.3 Å². The molecule has 0 bridgehead atoms. The quantitative estimate of drug-likeness (QED) is 0.719. The van der Waals surface area contributed by atoms with Gasteiger partial charge in [-0.05, 0) is 18.6 Å². The van der Waals surface area contributed by atoms with Gasteiger partial charge in [0.1, 0.15) is 0 Å². The predicted octanol–water partition coefficient (Wildman–Crippen LogP) is 2.14. The Kier molecular flexibility index (Phi) is 5.50. The molecule has 0 saturated carbocycles. The first kappa shape index (κ1) is 12.6. The second-order valence-electron chi connectivity index (χ2n) is 3.52. The molecule has 1 aromatic rings. The summed E-state index contributed by atoms with van der Waals surface area (Å²) in [5.74, 6) is -0.934. The summed E-state index contributed by atoms with van der Waals surface area (Å²) < 4.78 is 5.38. The van der Waals surface area contributed by atoms with Crippen LogP contribution in [0.5, 0.6) is 0 Å². The highest BCUT2D eigenvalue weighted by atomic mass is 16.5. The van der Waals surface area contributed by atoms with Crippen molar-refractivity contribution in [3.05, 3.63) is 29.6 Å². The van der Waals surface area contributed by atoms with Crippen LogP contribution in [0.25, 0.3) is 0 Å². The fourth-order valence-electron chi connectivity index (χ4n) is 1.35. The lowest BCUT2D eigenvalue weighted by Crippen LogP contribution is -2.08. The van der Waals surface area contributed by atoms with Gasteiger partial charge in [0.25, 0.3) is 0 Å². The van der Waals surface area contributed by atoms with Gasteiger partial charge in [-0.15, -0.1) is 0 Å². The molecule has 1 heterocycles. The molecule has 0 aliphatic heterocycles. The van der Waals surface area contributed by atoms with Crippen molar-refractivity contribution in [2.24, 2.45) is 0 Å². The highest BCUT2D eigenvalue weighted by Gasteiger charge is 2.09. The number of carboxylic acids is 1. The maximum absolute atomic E-state index is 10.9. The van der Waals surface area contributed by atoms with Crippen LogP contribution in [-0.2, 0) is 11.2 Å². The topological polar surface area (TPSA) is 59.4 Å². The van der Waals surface area contributed by atoms with E-state index in [0.717, 1.165) is 19.4 Å². The van der Waals surface area contributed by atoms with Gasteiger partial charge in [-0.3, -0.25) is 4.98 Å². The minimum Gasteiger partial charge on any atom is -0.478 e. The third kappa shape index (κ3) is 3.98. The van der Waals surface area contributed by atoms with Gasteiger partial charge in [0.05, 0.1) is 17.9 Å². The van der Waals surface area contributed by atoms with Crippen LogP contribution in [0.3, 0.4) is 0 Å². The molecular weight excluding hydrogens is 206 g/mol. The van der Waals surface area contributed by atoms with Gasteiger partial charge in [-0.1, -0.05) is 13.3 Å². The van der Waals surface area contributed by atoms with Crippen LogP contribution < -0.4 is 0 Å². The van der Waals surface area contributed by atoms with Gasteiger partial charge in [0.2, 0.25) is 0 Å². The van der Waals surface area contributed by atoms with Gasteiger partial charge in [0.15, 0.2) is 0 Å². The van der Waals surface area contributed by atoms with Crippen molar-refractivity contribution in [1.82, 2.24) is 4.98 Å². The summed E-state index contributed by atoms with van der Waals surface area (Å²) in [5, 5.41) is 8.93. The molecular formula is C12H17NO3. The average Bonchev–Trinajstić information content (AvgIpc) is 2.29. The third-order valence-electron chi connectivity index (χ3n) is 2.25. The predicted molar refractivity (Wildman–Crippen MR) is 60.6 cm³/mol. The number of ether oxygens (including phenoxy) is 1. The zero-order valence-corrected chi connectivity index (χ0v) is 9.48. The van der Waals surface area contributed by atoms with Gasteiger partial charge >= 0.3 is 5.97 Å². The van der Waals surface area contributed by atoms with Crippen LogP contribution in [0.15, 0.2) is 18.3 Å². The Morgan fingerprint density at radius 3 is 3.00 bits per heavy atom. The monoisotopic (exact) mass is 223 g/mol. The molecule has 0 fully saturated rings. The number of hydrogen-bond acceptors (Lipinski definition) is 3. The normalized spacial score (nSPS) is 10.3. The number of carboxylic acid groups (broad SMARTS) is 1. The van der Waals surface area contributed by atoms with E-state index in [-0.39, 0.29) is 5.56 Å². The molecule has 1 aromatic heterocycles. The van der Waals surface area contributed by atoms with Crippen molar-refractivity contribution in [2.75, 3.05) is 13.2 Å². The average molecular weight is 223 g/mol. The van der Waals surface area contributed by atoms with E-state index in [0.29, 0.717) is 18.7 Å². The van der Waals surface area contributed by atoms with Crippen molar-refractivity contribution < 1.29 is 14.6 Å². The third-order valence-corrected chi connectivity index (χ3v) is 2.25. The largest absolute Gasteiger partial charge is 0.478 e. The van der Waals surface area contributed by atoms with Gasteiger partial charge in [-0.2, -0.15) is 0 Å². The van der Waals surface area contributed by atoms with E-state index in [1.165, 1.54) is 0 Å². The molecule has 0 amide bonds. The molecule has 0 saturated heterocycles. The maximum Gasteiger partial charge on any atom is 0.337 e. The van der Waals surface area contributed by atoms with Crippen LogP contribution in [0.1, 0.15) is 35.8 Å². The molecule has 0 atom stereocenters. The first-order valence-corrected chi connectivity index (χ1v) is 5.50. The summed E-state index contributed by atoms with van der Waals surface area (Å²) in [7, 11) is 0. The molecule has 4 heteroatoms. The van der Waals surface area contributed by atoms with Crippen molar-refractivity contribution in [3.8, 4) is 0 Å². The number of unbranched alkanes of at least 4 members (excludes halogenated alkanes) is 1. The van der Waals surface area contributed by atoms with E-state index >= 15 is 0 Å². The SMILES string of the molecule is CCCCOCCc1ncccc1C(=O)O. The molecule has 0 unspecified atom stereocenters. The first-order valence-electron chi connectivity index (χ1n) is 5.50. The molecule has 4 nitrogen and oxygen atoms in total. The zero-order chi connectivity index (χ0) is 11.8. The van der Waals surface area contributed by atoms with Crippen LogP contribution in [0, 0.1) is 0 Å². The molecule has 1 N–H and O–H groups in total. The van der Waals surface area contributed by atoms with E-state index < -0.39 is 5.97 Å². The smallest absolute Gasteiger partial charge is 0.337 e. The van der Waals surface area contributed by atoms with Crippen LogP contribution >= 0.6 is 0 Å². The van der Waals surface area contributed by atoms with Crippen LogP contribution in [0.2, 0.25) is 0 Å². The van der Waals surface area contributed by atoms with Crippen LogP contribution in [-0.4, -0.2) is 29.3 Å². The number of pyridine rings is 1. The number of aromatic carboxylic acids is 1. The number of hydrogen-bond donors (Lipinski definition) is 1. The second-order valence-corrected chi connectivity index (χ2v) is 3.52. The summed E-state index contributed by atoms with van der Waals surface area (Å²) in [6.07, 6.45) is 4.29. The lowest BCUT2D eigenvalue weighted by atomic mass is 10.1. The molecule has 0 aromatic carbocycles. The Morgan fingerprint density at radius 2 is 2.31 bits per heavy atom. The standard InChI is InChI=1S/C12H17NO3/c1-2-3-8-16-9-6-11-10(12(14)15)5-4-7-13-11/h4-5,7H,2-3,6,8-9H2,1H3,(H,14,15). The summed E-state index contributed by atoms with van der Waals surface area (Å²) >= 11 is 0. The fraction of sp³-hybridized carbons (Fsp3) is 0.500. The minimum atomic E-state index is -0.934. The summed E-state index contributed by atoms with van der Waals surface area (Å²) in [4.78, 5) is 14.9. The molecule has 88 valence electrons. The lowest BCUT2D eigenvalue weighted by molar-refractivity contribution is 0.0694. The molecule has 0 aliphatic rings. The molecule has 16 heavy (non-hydrogen) atoms. The number of aromatic nitrogens is 1. The number of rotatable bonds is 7. The van der Waals surface area contributed by atoms with Crippen molar-refractivity contribution in [1.29, 1.82) is 0 Å². The van der Waals surface area contributed by atoms with Gasteiger partial charge in [0, 0.05) is 19.2 Å². The van der Waals surface area contributed by atoms with E-state index in [2.05, 4.69) is 11.9 Å². The Balaban J connectivity index is 2.44. The lowest BCUT2D eigenvalue weighted by Gasteiger charge is -2.05. The van der Waals surface area contributed by atoms with Crippen molar-refractivity contribution in [3.63, 3.8) is 0 Å². The Hall–Kier alpha value is -1.42. The molecule has 1 rings (SSSR count). The molecule has 0 radical (unpaired) electrons. The van der Waals surface area contributed by atoms with E-state index in [1.54, 1.807) is 18.3 Å². The Morgan fingerprint density at radius 1 is 1.50 bits per heavy atom. The van der Waals surface area contributed by atoms with Crippen molar-refractivity contribution in [2.45, 2.75) is 26.2 Å². The highest BCUT2D eigenvalue weighted by molar-refractivity contribution is 5.88. The van der Waals surface area contributed by atoms with Gasteiger partial charge in [-0.25, -0.2) is 4.79 Å². The number of nitrogens with zero attached hydrogens (tertiary/aromatic N) is 1. The summed E-state index contributed by atoms with van der Waals surface area (Å²) in [6.45, 7) is 3.35. The molecule has 0 spiro atoms. The summed E-state index contributed by atoms with van der Waals surface area (Å²) in [5.41, 5.74) is 0.855. The summed E-state index contributed by atoms with van der Waals surface area (Å²) in [6, 6.07) is 3.20.